The molecule has 1 aliphatic rings. The van der Waals surface area contributed by atoms with Crippen LogP contribution in [0.3, 0.4) is 0 Å². The maximum Gasteiger partial charge on any atom is 0.264 e. The summed E-state index contributed by atoms with van der Waals surface area (Å²) in [6.45, 7) is 8.81. The van der Waals surface area contributed by atoms with Crippen molar-refractivity contribution < 1.29 is 17.9 Å². The quantitative estimate of drug-likeness (QED) is 0.332. The van der Waals surface area contributed by atoms with Crippen LogP contribution in [0.2, 0.25) is 0 Å². The van der Waals surface area contributed by atoms with E-state index in [1.165, 1.54) is 12.1 Å². The van der Waals surface area contributed by atoms with Crippen LogP contribution in [-0.2, 0) is 16.4 Å². The Kier molecular flexibility index (Phi) is 8.08. The molecule has 212 valence electrons. The Morgan fingerprint density at radius 1 is 0.951 bits per heavy atom. The van der Waals surface area contributed by atoms with Crippen LogP contribution in [-0.4, -0.2) is 48.4 Å². The fraction of sp³-hybridized carbons (Fsp3) is 0.281. The molecule has 41 heavy (non-hydrogen) atoms. The third kappa shape index (κ3) is 6.57. The molecule has 0 fully saturated rings. The smallest absolute Gasteiger partial charge is 0.264 e. The Balaban J connectivity index is 1.68. The Morgan fingerprint density at radius 3 is 2.37 bits per heavy atom. The number of sulfonamides is 1. The standard InChI is InChI=1S/C32H34N4O4S/c1-21(2)19-36-20-26(16-24-12-6-5-7-13-24)40-29-18-28(30-22(3)10-8-11-23(30)4)33-32(34-29)35-41(38,39)27-15-9-14-25(17-27)31(36)37/h5-15,17-18,21,26H,16,19-20H2,1-4H3,(H,33,34,35)/t26-/m0/s1. The van der Waals surface area contributed by atoms with Gasteiger partial charge in [-0.15, -0.1) is 0 Å². The van der Waals surface area contributed by atoms with Crippen LogP contribution in [0.1, 0.15) is 40.9 Å². The third-order valence-electron chi connectivity index (χ3n) is 6.95. The maximum atomic E-state index is 13.8. The predicted octanol–water partition coefficient (Wildman–Crippen LogP) is 5.66. The number of fused-ring (bicyclic) bond motifs is 4. The molecule has 0 aliphatic carbocycles. The van der Waals surface area contributed by atoms with Crippen molar-refractivity contribution in [3.05, 3.63) is 101 Å². The number of ether oxygens (including phenoxy) is 1. The van der Waals surface area contributed by atoms with Crippen molar-refractivity contribution in [3.63, 3.8) is 0 Å². The van der Waals surface area contributed by atoms with Crippen LogP contribution in [0.15, 0.2) is 83.8 Å². The van der Waals surface area contributed by atoms with Gasteiger partial charge in [0.1, 0.15) is 6.10 Å². The van der Waals surface area contributed by atoms with Crippen LogP contribution >= 0.6 is 0 Å². The second kappa shape index (κ2) is 11.7. The maximum absolute atomic E-state index is 13.8. The van der Waals surface area contributed by atoms with Crippen LogP contribution in [0.25, 0.3) is 11.3 Å². The lowest BCUT2D eigenvalue weighted by Gasteiger charge is -2.29. The zero-order valence-electron chi connectivity index (χ0n) is 23.7. The number of carbonyl (C=O) groups is 1. The fourth-order valence-corrected chi connectivity index (χ4v) is 6.14. The lowest BCUT2D eigenvalue weighted by Crippen LogP contribution is -2.42. The van der Waals surface area contributed by atoms with Gasteiger partial charge in [-0.1, -0.05) is 68.4 Å². The molecule has 0 radical (unpaired) electrons. The molecule has 0 saturated carbocycles. The normalized spacial score (nSPS) is 16.7. The first-order chi connectivity index (χ1) is 19.6. The number of hydrogen-bond acceptors (Lipinski definition) is 6. The number of nitrogens with one attached hydrogen (secondary N) is 1. The Bertz CT molecular complexity index is 1650. The molecule has 4 aromatic rings. The van der Waals surface area contributed by atoms with E-state index >= 15 is 0 Å². The van der Waals surface area contributed by atoms with Gasteiger partial charge in [-0.3, -0.25) is 4.79 Å². The summed E-state index contributed by atoms with van der Waals surface area (Å²) in [5.74, 6) is 0.0420. The van der Waals surface area contributed by atoms with Crippen molar-refractivity contribution in [1.82, 2.24) is 14.9 Å². The van der Waals surface area contributed by atoms with E-state index in [1.54, 1.807) is 23.1 Å². The van der Waals surface area contributed by atoms with Crippen molar-refractivity contribution in [2.45, 2.75) is 45.1 Å². The number of benzene rings is 3. The van der Waals surface area contributed by atoms with Gasteiger partial charge in [0.2, 0.25) is 11.8 Å². The molecule has 8 nitrogen and oxygen atoms in total. The monoisotopic (exact) mass is 570 g/mol. The predicted molar refractivity (Wildman–Crippen MR) is 159 cm³/mol. The van der Waals surface area contributed by atoms with E-state index in [4.69, 9.17) is 4.74 Å². The number of amides is 1. The molecule has 2 heterocycles. The van der Waals surface area contributed by atoms with E-state index in [-0.39, 0.29) is 40.7 Å². The summed E-state index contributed by atoms with van der Waals surface area (Å²) in [4.78, 5) is 24.6. The lowest BCUT2D eigenvalue weighted by molar-refractivity contribution is 0.0626. The Hall–Kier alpha value is -4.24. The molecular weight excluding hydrogens is 536 g/mol. The summed E-state index contributed by atoms with van der Waals surface area (Å²) in [6.07, 6.45) is 0.0567. The molecule has 4 bridgehead atoms. The number of anilines is 1. The van der Waals surface area contributed by atoms with Gasteiger partial charge in [0.05, 0.1) is 17.1 Å². The molecular formula is C32H34N4O4S. The second-order valence-corrected chi connectivity index (χ2v) is 12.5. The second-order valence-electron chi connectivity index (χ2n) is 10.8. The van der Waals surface area contributed by atoms with E-state index in [0.717, 1.165) is 22.3 Å². The minimum absolute atomic E-state index is 0.0449. The molecule has 0 unspecified atom stereocenters. The first-order valence-corrected chi connectivity index (χ1v) is 15.2. The molecule has 0 saturated heterocycles. The van der Waals surface area contributed by atoms with E-state index < -0.39 is 16.1 Å². The SMILES string of the molecule is Cc1cccc(C)c1-c1cc2nc(n1)NS(=O)(=O)c1cccc(c1)C(=O)N(CC(C)C)C[C@H](Cc1ccccc1)O2. The lowest BCUT2D eigenvalue weighted by atomic mass is 10.00. The van der Waals surface area contributed by atoms with Crippen molar-refractivity contribution in [1.29, 1.82) is 0 Å². The average Bonchev–Trinajstić information content (AvgIpc) is 2.92. The van der Waals surface area contributed by atoms with Gasteiger partial charge in [0.25, 0.3) is 15.9 Å². The number of carbonyl (C=O) groups excluding carboxylic acids is 1. The largest absolute Gasteiger partial charge is 0.472 e. The summed E-state index contributed by atoms with van der Waals surface area (Å²) in [6, 6.07) is 23.7. The van der Waals surface area contributed by atoms with Crippen molar-refractivity contribution >= 4 is 21.9 Å². The highest BCUT2D eigenvalue weighted by Gasteiger charge is 2.27. The van der Waals surface area contributed by atoms with Crippen LogP contribution < -0.4 is 9.46 Å². The number of nitrogens with zero attached hydrogens (tertiary/aromatic N) is 3. The highest BCUT2D eigenvalue weighted by atomic mass is 32.2. The summed E-state index contributed by atoms with van der Waals surface area (Å²) >= 11 is 0. The fourth-order valence-electron chi connectivity index (χ4n) is 5.15. The molecule has 1 N–H and O–H groups in total. The van der Waals surface area contributed by atoms with Crippen LogP contribution in [0, 0.1) is 19.8 Å². The molecule has 0 spiro atoms. The van der Waals surface area contributed by atoms with Gasteiger partial charge >= 0.3 is 0 Å². The van der Waals surface area contributed by atoms with E-state index in [9.17, 15) is 13.2 Å². The number of hydrogen-bond donors (Lipinski definition) is 1. The van der Waals surface area contributed by atoms with Gasteiger partial charge in [0, 0.05) is 30.2 Å². The van der Waals surface area contributed by atoms with Gasteiger partial charge in [-0.25, -0.2) is 18.1 Å². The summed E-state index contributed by atoms with van der Waals surface area (Å²) in [5, 5.41) is 0. The van der Waals surface area contributed by atoms with E-state index in [2.05, 4.69) is 14.7 Å². The van der Waals surface area contributed by atoms with Gasteiger partial charge in [0.15, 0.2) is 0 Å². The van der Waals surface area contributed by atoms with Gasteiger partial charge in [-0.2, -0.15) is 4.98 Å². The van der Waals surface area contributed by atoms with E-state index in [1.807, 2.05) is 76.2 Å². The summed E-state index contributed by atoms with van der Waals surface area (Å²) in [7, 11) is -4.11. The van der Waals surface area contributed by atoms with Crippen LogP contribution in [0.5, 0.6) is 5.88 Å². The first kappa shape index (κ1) is 28.3. The number of aryl methyl sites for hydroxylation is 2. The molecule has 1 aromatic heterocycles. The molecule has 9 heteroatoms. The Morgan fingerprint density at radius 2 is 1.66 bits per heavy atom. The number of rotatable bonds is 5. The Labute approximate surface area is 241 Å². The van der Waals surface area contributed by atoms with Gasteiger partial charge < -0.3 is 9.64 Å². The minimum atomic E-state index is -4.11. The molecule has 1 aliphatic heterocycles. The molecule has 5 rings (SSSR count). The van der Waals surface area contributed by atoms with Gasteiger partial charge in [-0.05, 0) is 54.7 Å². The highest BCUT2D eigenvalue weighted by Crippen LogP contribution is 2.30. The minimum Gasteiger partial charge on any atom is -0.472 e. The zero-order valence-corrected chi connectivity index (χ0v) is 24.5. The average molecular weight is 571 g/mol. The third-order valence-corrected chi connectivity index (χ3v) is 8.27. The topological polar surface area (TPSA) is 101 Å². The van der Waals surface area contributed by atoms with E-state index in [0.29, 0.717) is 18.7 Å². The molecule has 1 amide bonds. The van der Waals surface area contributed by atoms with Crippen molar-refractivity contribution in [2.75, 3.05) is 17.8 Å². The molecule has 3 aromatic carbocycles. The first-order valence-electron chi connectivity index (χ1n) is 13.7. The molecule has 1 atom stereocenters. The zero-order chi connectivity index (χ0) is 29.1. The summed E-state index contributed by atoms with van der Waals surface area (Å²) < 4.78 is 36.0. The highest BCUT2D eigenvalue weighted by molar-refractivity contribution is 7.92. The van der Waals surface area contributed by atoms with Crippen molar-refractivity contribution in [2.24, 2.45) is 5.92 Å². The van der Waals surface area contributed by atoms with Crippen molar-refractivity contribution in [3.8, 4) is 17.1 Å². The summed E-state index contributed by atoms with van der Waals surface area (Å²) in [5.41, 5.74) is 4.73. The number of aromatic nitrogens is 2. The van der Waals surface area contributed by atoms with Crippen LogP contribution in [0.4, 0.5) is 5.95 Å².